The number of ketones is 1. The summed E-state index contributed by atoms with van der Waals surface area (Å²) in [4.78, 5) is 12.2. The molecule has 8 heteroatoms. The zero-order valence-electron chi connectivity index (χ0n) is 11.7. The Morgan fingerprint density at radius 3 is 2.52 bits per heavy atom. The van der Waals surface area contributed by atoms with Crippen LogP contribution < -0.4 is 0 Å². The monoisotopic (exact) mass is 408 g/mol. The van der Waals surface area contributed by atoms with Crippen LogP contribution in [0.1, 0.15) is 10.4 Å². The summed E-state index contributed by atoms with van der Waals surface area (Å²) < 4.78 is 2.52. The van der Waals surface area contributed by atoms with E-state index in [4.69, 9.17) is 11.6 Å². The van der Waals surface area contributed by atoms with Gasteiger partial charge in [0.2, 0.25) is 5.16 Å². The lowest BCUT2D eigenvalue weighted by molar-refractivity contribution is 0.102. The SMILES string of the molecule is O=C(CSc1nnnn1-c1ccc(Cl)cc1)c1ccc(Br)cc1. The predicted octanol–water partition coefficient (Wildman–Crippen LogP) is 4.05. The van der Waals surface area contributed by atoms with Gasteiger partial charge in [0.25, 0.3) is 0 Å². The minimum Gasteiger partial charge on any atom is -0.293 e. The maximum absolute atomic E-state index is 12.2. The van der Waals surface area contributed by atoms with Gasteiger partial charge >= 0.3 is 0 Å². The molecule has 0 aliphatic rings. The van der Waals surface area contributed by atoms with Crippen molar-refractivity contribution in [2.24, 2.45) is 0 Å². The molecule has 0 saturated carbocycles. The maximum atomic E-state index is 12.2. The van der Waals surface area contributed by atoms with Crippen molar-refractivity contribution < 1.29 is 4.79 Å². The number of hydrogen-bond acceptors (Lipinski definition) is 5. The molecule has 0 aliphatic heterocycles. The molecule has 1 heterocycles. The number of hydrogen-bond donors (Lipinski definition) is 0. The average Bonchev–Trinajstić information content (AvgIpc) is 3.02. The molecule has 0 bridgehead atoms. The van der Waals surface area contributed by atoms with Gasteiger partial charge < -0.3 is 0 Å². The van der Waals surface area contributed by atoms with Crippen LogP contribution >= 0.6 is 39.3 Å². The number of benzene rings is 2. The minimum atomic E-state index is 0.0214. The summed E-state index contributed by atoms with van der Waals surface area (Å²) in [6.45, 7) is 0. The number of Topliss-reactive ketones (excluding diaryl/α,β-unsaturated/α-hetero) is 1. The van der Waals surface area contributed by atoms with E-state index in [-0.39, 0.29) is 11.5 Å². The Balaban J connectivity index is 1.72. The van der Waals surface area contributed by atoms with E-state index < -0.39 is 0 Å². The molecule has 0 N–H and O–H groups in total. The van der Waals surface area contributed by atoms with E-state index in [0.29, 0.717) is 15.7 Å². The molecule has 23 heavy (non-hydrogen) atoms. The molecule has 0 fully saturated rings. The van der Waals surface area contributed by atoms with Crippen molar-refractivity contribution >= 4 is 45.1 Å². The number of halogens is 2. The second-order valence-electron chi connectivity index (χ2n) is 4.57. The van der Waals surface area contributed by atoms with Crippen molar-refractivity contribution in [1.29, 1.82) is 0 Å². The van der Waals surface area contributed by atoms with Gasteiger partial charge in [-0.3, -0.25) is 4.79 Å². The Labute approximate surface area is 150 Å². The summed E-state index contributed by atoms with van der Waals surface area (Å²) in [5, 5.41) is 12.8. The lowest BCUT2D eigenvalue weighted by Crippen LogP contribution is -2.04. The molecular weight excluding hydrogens is 400 g/mol. The van der Waals surface area contributed by atoms with E-state index >= 15 is 0 Å². The summed E-state index contributed by atoms with van der Waals surface area (Å²) in [5.41, 5.74) is 1.45. The van der Waals surface area contributed by atoms with Gasteiger partial charge in [-0.2, -0.15) is 4.68 Å². The highest BCUT2D eigenvalue weighted by molar-refractivity contribution is 9.10. The largest absolute Gasteiger partial charge is 0.293 e. The number of tetrazole rings is 1. The maximum Gasteiger partial charge on any atom is 0.214 e. The topological polar surface area (TPSA) is 60.7 Å². The molecule has 2 aromatic carbocycles. The van der Waals surface area contributed by atoms with E-state index in [1.54, 1.807) is 28.9 Å². The van der Waals surface area contributed by atoms with Crippen LogP contribution in [0.4, 0.5) is 0 Å². The van der Waals surface area contributed by atoms with Gasteiger partial charge in [0, 0.05) is 15.1 Å². The Morgan fingerprint density at radius 2 is 1.83 bits per heavy atom. The highest BCUT2D eigenvalue weighted by Crippen LogP contribution is 2.21. The molecule has 3 rings (SSSR count). The lowest BCUT2D eigenvalue weighted by Gasteiger charge is -2.04. The van der Waals surface area contributed by atoms with Crippen LogP contribution in [0.5, 0.6) is 0 Å². The first-order valence-electron chi connectivity index (χ1n) is 6.59. The number of carbonyl (C=O) groups is 1. The Kier molecular flexibility index (Phi) is 5.09. The summed E-state index contributed by atoms with van der Waals surface area (Å²) in [5.74, 6) is 0.281. The molecule has 0 amide bonds. The van der Waals surface area contributed by atoms with Crippen molar-refractivity contribution in [2.45, 2.75) is 5.16 Å². The third kappa shape index (κ3) is 3.99. The van der Waals surface area contributed by atoms with E-state index in [0.717, 1.165) is 10.2 Å². The zero-order chi connectivity index (χ0) is 16.2. The first-order chi connectivity index (χ1) is 11.1. The van der Waals surface area contributed by atoms with Crippen LogP contribution in [0, 0.1) is 0 Å². The van der Waals surface area contributed by atoms with Crippen LogP contribution in [0.25, 0.3) is 5.69 Å². The first-order valence-corrected chi connectivity index (χ1v) is 8.75. The summed E-state index contributed by atoms with van der Waals surface area (Å²) in [7, 11) is 0. The van der Waals surface area contributed by atoms with Crippen molar-refractivity contribution in [1.82, 2.24) is 20.2 Å². The normalized spacial score (nSPS) is 10.7. The number of rotatable bonds is 5. The van der Waals surface area contributed by atoms with Crippen LogP contribution in [0.15, 0.2) is 58.2 Å². The molecule has 0 aliphatic carbocycles. The minimum absolute atomic E-state index is 0.0214. The second kappa shape index (κ2) is 7.25. The van der Waals surface area contributed by atoms with Crippen LogP contribution in [-0.4, -0.2) is 31.7 Å². The molecule has 0 radical (unpaired) electrons. The Bertz CT molecular complexity index is 820. The van der Waals surface area contributed by atoms with E-state index in [2.05, 4.69) is 31.5 Å². The lowest BCUT2D eigenvalue weighted by atomic mass is 10.2. The number of nitrogens with zero attached hydrogens (tertiary/aromatic N) is 4. The predicted molar refractivity (Wildman–Crippen MR) is 93.4 cm³/mol. The van der Waals surface area contributed by atoms with Gasteiger partial charge in [0.05, 0.1) is 11.4 Å². The van der Waals surface area contributed by atoms with E-state index in [9.17, 15) is 4.79 Å². The zero-order valence-corrected chi connectivity index (χ0v) is 14.8. The van der Waals surface area contributed by atoms with E-state index in [1.165, 1.54) is 11.8 Å². The second-order valence-corrected chi connectivity index (χ2v) is 6.86. The number of carbonyl (C=O) groups excluding carboxylic acids is 1. The van der Waals surface area contributed by atoms with Gasteiger partial charge in [-0.05, 0) is 46.8 Å². The quantitative estimate of drug-likeness (QED) is 0.470. The number of thioether (sulfide) groups is 1. The fourth-order valence-corrected chi connectivity index (χ4v) is 3.04. The van der Waals surface area contributed by atoms with Gasteiger partial charge in [0.1, 0.15) is 0 Å². The molecule has 3 aromatic rings. The van der Waals surface area contributed by atoms with Crippen LogP contribution in [-0.2, 0) is 0 Å². The third-order valence-corrected chi connectivity index (χ3v) is 4.71. The number of aromatic nitrogens is 4. The summed E-state index contributed by atoms with van der Waals surface area (Å²) in [6.07, 6.45) is 0. The van der Waals surface area contributed by atoms with Gasteiger partial charge in [-0.1, -0.05) is 51.4 Å². The summed E-state index contributed by atoms with van der Waals surface area (Å²) >= 11 is 10.5. The molecule has 116 valence electrons. The van der Waals surface area contributed by atoms with Crippen LogP contribution in [0.2, 0.25) is 5.02 Å². The molecule has 5 nitrogen and oxygen atoms in total. The standard InChI is InChI=1S/C15H10BrClN4OS/c16-11-3-1-10(2-4-11)14(22)9-23-15-18-19-20-21(15)13-7-5-12(17)6-8-13/h1-8H,9H2. The Morgan fingerprint density at radius 1 is 1.13 bits per heavy atom. The van der Waals surface area contributed by atoms with Crippen molar-refractivity contribution in [3.8, 4) is 5.69 Å². The molecule has 0 saturated heterocycles. The van der Waals surface area contributed by atoms with Crippen molar-refractivity contribution in [3.63, 3.8) is 0 Å². The highest BCUT2D eigenvalue weighted by atomic mass is 79.9. The van der Waals surface area contributed by atoms with Gasteiger partial charge in [-0.25, -0.2) is 0 Å². The fraction of sp³-hybridized carbons (Fsp3) is 0.0667. The molecule has 0 atom stereocenters. The average molecular weight is 410 g/mol. The smallest absolute Gasteiger partial charge is 0.214 e. The van der Waals surface area contributed by atoms with Crippen molar-refractivity contribution in [2.75, 3.05) is 5.75 Å². The molecular formula is C15H10BrClN4OS. The summed E-state index contributed by atoms with van der Waals surface area (Å²) in [6, 6.07) is 14.4. The van der Waals surface area contributed by atoms with E-state index in [1.807, 2.05) is 24.3 Å². The molecule has 0 spiro atoms. The first kappa shape index (κ1) is 16.2. The van der Waals surface area contributed by atoms with Gasteiger partial charge in [-0.15, -0.1) is 5.10 Å². The highest BCUT2D eigenvalue weighted by Gasteiger charge is 2.12. The van der Waals surface area contributed by atoms with Crippen molar-refractivity contribution in [3.05, 3.63) is 63.6 Å². The van der Waals surface area contributed by atoms with Crippen LogP contribution in [0.3, 0.4) is 0 Å². The molecule has 1 aromatic heterocycles. The molecule has 0 unspecified atom stereocenters. The van der Waals surface area contributed by atoms with Gasteiger partial charge in [0.15, 0.2) is 5.78 Å². The Hall–Kier alpha value is -1.70. The third-order valence-electron chi connectivity index (χ3n) is 3.01. The fourth-order valence-electron chi connectivity index (χ4n) is 1.86.